The molecule has 0 aliphatic carbocycles. The zero-order valence-electron chi connectivity index (χ0n) is 10.1. The van der Waals surface area contributed by atoms with Crippen LogP contribution in [0.15, 0.2) is 23.4 Å². The summed E-state index contributed by atoms with van der Waals surface area (Å²) in [4.78, 5) is 2.44. The van der Waals surface area contributed by atoms with E-state index < -0.39 is 0 Å². The highest BCUT2D eigenvalue weighted by atomic mass is 15.1. The maximum Gasteiger partial charge on any atom is 0.0418 e. The Bertz CT molecular complexity index is 291. The standard InChI is InChI=1S/C13H22N2/c1-10-6-13(7-11(2)14-10)8-12-4-5-15(3)9-12/h6-7,10,12,14H,4-5,8-9H2,1-3H3. The van der Waals surface area contributed by atoms with Gasteiger partial charge < -0.3 is 10.2 Å². The summed E-state index contributed by atoms with van der Waals surface area (Å²) in [5, 5.41) is 3.42. The first kappa shape index (κ1) is 10.7. The Morgan fingerprint density at radius 2 is 2.33 bits per heavy atom. The molecule has 2 heterocycles. The molecule has 2 heteroatoms. The molecule has 2 aliphatic rings. The minimum atomic E-state index is 0.504. The summed E-state index contributed by atoms with van der Waals surface area (Å²) in [6.45, 7) is 6.92. The van der Waals surface area contributed by atoms with Crippen LogP contribution in [-0.2, 0) is 0 Å². The molecule has 2 rings (SSSR count). The number of likely N-dealkylation sites (tertiary alicyclic amines) is 1. The van der Waals surface area contributed by atoms with Gasteiger partial charge in [0.1, 0.15) is 0 Å². The fourth-order valence-electron chi connectivity index (χ4n) is 2.74. The zero-order valence-corrected chi connectivity index (χ0v) is 10.1. The Morgan fingerprint density at radius 1 is 1.53 bits per heavy atom. The van der Waals surface area contributed by atoms with Crippen molar-refractivity contribution in [2.75, 3.05) is 20.1 Å². The van der Waals surface area contributed by atoms with Crippen molar-refractivity contribution in [2.45, 2.75) is 32.7 Å². The molecule has 0 amide bonds. The highest BCUT2D eigenvalue weighted by Crippen LogP contribution is 2.24. The fourth-order valence-corrected chi connectivity index (χ4v) is 2.74. The van der Waals surface area contributed by atoms with Gasteiger partial charge in [0.15, 0.2) is 0 Å². The van der Waals surface area contributed by atoms with Crippen molar-refractivity contribution in [3.63, 3.8) is 0 Å². The van der Waals surface area contributed by atoms with Gasteiger partial charge in [-0.3, -0.25) is 0 Å². The van der Waals surface area contributed by atoms with Crippen LogP contribution in [0.25, 0.3) is 0 Å². The summed E-state index contributed by atoms with van der Waals surface area (Å²) >= 11 is 0. The Balaban J connectivity index is 1.94. The average molecular weight is 206 g/mol. The summed E-state index contributed by atoms with van der Waals surface area (Å²) in [5.41, 5.74) is 2.84. The lowest BCUT2D eigenvalue weighted by molar-refractivity contribution is 0.394. The predicted octanol–water partition coefficient (Wildman–Crippen LogP) is 2.15. The van der Waals surface area contributed by atoms with Crippen LogP contribution < -0.4 is 5.32 Å². The SMILES string of the molecule is CC1=CC(CC2CCN(C)C2)=CC(C)N1. The lowest BCUT2D eigenvalue weighted by atomic mass is 9.95. The molecule has 0 aromatic rings. The fraction of sp³-hybridized carbons (Fsp3) is 0.692. The quantitative estimate of drug-likeness (QED) is 0.745. The minimum Gasteiger partial charge on any atom is -0.383 e. The number of allylic oxidation sites excluding steroid dienone is 3. The van der Waals surface area contributed by atoms with Crippen LogP contribution in [0.4, 0.5) is 0 Å². The van der Waals surface area contributed by atoms with Crippen LogP contribution in [0.2, 0.25) is 0 Å². The van der Waals surface area contributed by atoms with Crippen molar-refractivity contribution in [2.24, 2.45) is 5.92 Å². The second kappa shape index (κ2) is 4.40. The van der Waals surface area contributed by atoms with Crippen LogP contribution >= 0.6 is 0 Å². The molecular formula is C13H22N2. The van der Waals surface area contributed by atoms with E-state index in [1.165, 1.54) is 37.2 Å². The molecule has 2 aliphatic heterocycles. The lowest BCUT2D eigenvalue weighted by Gasteiger charge is -2.21. The first-order chi connectivity index (χ1) is 7.13. The van der Waals surface area contributed by atoms with Gasteiger partial charge in [0.25, 0.3) is 0 Å². The number of nitrogens with zero attached hydrogens (tertiary/aromatic N) is 1. The van der Waals surface area contributed by atoms with E-state index in [1.54, 1.807) is 0 Å². The Morgan fingerprint density at radius 3 is 2.93 bits per heavy atom. The normalized spacial score (nSPS) is 32.2. The Labute approximate surface area is 93.0 Å². The second-order valence-corrected chi connectivity index (χ2v) is 5.12. The van der Waals surface area contributed by atoms with Crippen LogP contribution in [0.3, 0.4) is 0 Å². The first-order valence-electron chi connectivity index (χ1n) is 5.97. The monoisotopic (exact) mass is 206 g/mol. The van der Waals surface area contributed by atoms with Crippen LogP contribution in [-0.4, -0.2) is 31.1 Å². The maximum absolute atomic E-state index is 3.42. The third kappa shape index (κ3) is 2.85. The molecule has 1 saturated heterocycles. The number of rotatable bonds is 2. The summed E-state index contributed by atoms with van der Waals surface area (Å²) in [7, 11) is 2.22. The summed E-state index contributed by atoms with van der Waals surface area (Å²) in [6, 6.07) is 0.504. The molecule has 2 unspecified atom stereocenters. The molecule has 0 aromatic carbocycles. The van der Waals surface area contributed by atoms with Crippen molar-refractivity contribution in [3.8, 4) is 0 Å². The van der Waals surface area contributed by atoms with Crippen molar-refractivity contribution >= 4 is 0 Å². The molecule has 2 atom stereocenters. The van der Waals surface area contributed by atoms with Gasteiger partial charge in [0, 0.05) is 18.3 Å². The van der Waals surface area contributed by atoms with Crippen LogP contribution in [0.5, 0.6) is 0 Å². The molecule has 0 aromatic heterocycles. The largest absolute Gasteiger partial charge is 0.383 e. The van der Waals surface area contributed by atoms with Gasteiger partial charge in [-0.2, -0.15) is 0 Å². The minimum absolute atomic E-state index is 0.504. The maximum atomic E-state index is 3.42. The lowest BCUT2D eigenvalue weighted by Crippen LogP contribution is -2.25. The molecule has 84 valence electrons. The number of nitrogens with one attached hydrogen (secondary N) is 1. The first-order valence-corrected chi connectivity index (χ1v) is 5.97. The van der Waals surface area contributed by atoms with Crippen LogP contribution in [0, 0.1) is 5.92 Å². The summed E-state index contributed by atoms with van der Waals surface area (Å²) in [6.07, 6.45) is 7.29. The van der Waals surface area contributed by atoms with E-state index in [0.29, 0.717) is 6.04 Å². The Kier molecular flexibility index (Phi) is 3.15. The number of hydrogen-bond donors (Lipinski definition) is 1. The van der Waals surface area contributed by atoms with Gasteiger partial charge in [0.2, 0.25) is 0 Å². The van der Waals surface area contributed by atoms with E-state index in [2.05, 4.69) is 43.3 Å². The molecule has 15 heavy (non-hydrogen) atoms. The summed E-state index contributed by atoms with van der Waals surface area (Å²) < 4.78 is 0. The average Bonchev–Trinajstić information content (AvgIpc) is 2.49. The second-order valence-electron chi connectivity index (χ2n) is 5.12. The van der Waals surface area contributed by atoms with Crippen molar-refractivity contribution in [3.05, 3.63) is 23.4 Å². The molecular weight excluding hydrogens is 184 g/mol. The Hall–Kier alpha value is -0.760. The van der Waals surface area contributed by atoms with Crippen LogP contribution in [0.1, 0.15) is 26.7 Å². The molecule has 1 fully saturated rings. The molecule has 2 nitrogen and oxygen atoms in total. The van der Waals surface area contributed by atoms with Crippen molar-refractivity contribution in [1.29, 1.82) is 0 Å². The van der Waals surface area contributed by atoms with E-state index in [0.717, 1.165) is 5.92 Å². The number of dihydropyridines is 1. The molecule has 1 N–H and O–H groups in total. The molecule has 0 radical (unpaired) electrons. The van der Waals surface area contributed by atoms with E-state index in [-0.39, 0.29) is 0 Å². The van der Waals surface area contributed by atoms with E-state index in [4.69, 9.17) is 0 Å². The van der Waals surface area contributed by atoms with Gasteiger partial charge in [-0.15, -0.1) is 0 Å². The van der Waals surface area contributed by atoms with Crippen molar-refractivity contribution < 1.29 is 0 Å². The smallest absolute Gasteiger partial charge is 0.0418 e. The summed E-state index contributed by atoms with van der Waals surface area (Å²) in [5.74, 6) is 0.871. The van der Waals surface area contributed by atoms with Gasteiger partial charge in [-0.1, -0.05) is 6.08 Å². The van der Waals surface area contributed by atoms with Gasteiger partial charge >= 0.3 is 0 Å². The van der Waals surface area contributed by atoms with Gasteiger partial charge in [0.05, 0.1) is 0 Å². The van der Waals surface area contributed by atoms with Gasteiger partial charge in [-0.25, -0.2) is 0 Å². The van der Waals surface area contributed by atoms with E-state index >= 15 is 0 Å². The third-order valence-electron chi connectivity index (χ3n) is 3.33. The van der Waals surface area contributed by atoms with E-state index in [1.807, 2.05) is 0 Å². The topological polar surface area (TPSA) is 15.3 Å². The third-order valence-corrected chi connectivity index (χ3v) is 3.33. The molecule has 0 bridgehead atoms. The number of hydrogen-bond acceptors (Lipinski definition) is 2. The van der Waals surface area contributed by atoms with E-state index in [9.17, 15) is 0 Å². The molecule has 0 saturated carbocycles. The zero-order chi connectivity index (χ0) is 10.8. The highest BCUT2D eigenvalue weighted by Gasteiger charge is 2.20. The van der Waals surface area contributed by atoms with Crippen molar-refractivity contribution in [1.82, 2.24) is 10.2 Å². The predicted molar refractivity (Wildman–Crippen MR) is 64.7 cm³/mol. The molecule has 0 spiro atoms. The van der Waals surface area contributed by atoms with Gasteiger partial charge in [-0.05, 0) is 57.8 Å². The highest BCUT2D eigenvalue weighted by molar-refractivity contribution is 5.28.